The number of nitrogens with one attached hydrogen (secondary N) is 3. The Morgan fingerprint density at radius 2 is 1.82 bits per heavy atom. The van der Waals surface area contributed by atoms with E-state index in [0.717, 1.165) is 11.1 Å². The van der Waals surface area contributed by atoms with E-state index >= 15 is 0 Å². The summed E-state index contributed by atoms with van der Waals surface area (Å²) >= 11 is 0. The number of amides is 3. The van der Waals surface area contributed by atoms with Crippen molar-refractivity contribution < 1.29 is 38.5 Å². The van der Waals surface area contributed by atoms with Crippen molar-refractivity contribution in [2.24, 2.45) is 11.7 Å². The number of ether oxygens (including phenoxy) is 3. The number of fused-ring (bicyclic) bond motifs is 1. The first-order valence-electron chi connectivity index (χ1n) is 12.6. The van der Waals surface area contributed by atoms with Crippen molar-refractivity contribution in [1.29, 1.82) is 0 Å². The summed E-state index contributed by atoms with van der Waals surface area (Å²) in [6.07, 6.45) is -1.55. The maximum absolute atomic E-state index is 12.5. The van der Waals surface area contributed by atoms with Crippen LogP contribution in [0, 0.1) is 5.92 Å². The van der Waals surface area contributed by atoms with E-state index in [9.17, 15) is 24.3 Å². The molecule has 6 N–H and O–H groups in total. The van der Waals surface area contributed by atoms with Gasteiger partial charge in [-0.25, -0.2) is 9.59 Å². The molecule has 0 aliphatic heterocycles. The number of nitrogens with two attached hydrogens (primary N) is 1. The Morgan fingerprint density at radius 3 is 2.42 bits per heavy atom. The Labute approximate surface area is 222 Å². The zero-order valence-corrected chi connectivity index (χ0v) is 22.9. The zero-order valence-electron chi connectivity index (χ0n) is 22.9. The van der Waals surface area contributed by atoms with E-state index in [-0.39, 0.29) is 31.3 Å². The molecular formula is C26H40N4O8. The van der Waals surface area contributed by atoms with Crippen LogP contribution < -0.4 is 26.4 Å². The average Bonchev–Trinajstić information content (AvgIpc) is 2.79. The van der Waals surface area contributed by atoms with Gasteiger partial charge in [-0.1, -0.05) is 19.1 Å². The molecule has 1 aromatic rings. The van der Waals surface area contributed by atoms with Crippen LogP contribution in [-0.4, -0.2) is 65.7 Å². The molecule has 0 radical (unpaired) electrons. The fourth-order valence-corrected chi connectivity index (χ4v) is 3.90. The fraction of sp³-hybridized carbons (Fsp3) is 0.615. The highest BCUT2D eigenvalue weighted by molar-refractivity contribution is 5.89. The van der Waals surface area contributed by atoms with Gasteiger partial charge in [0, 0.05) is 30.9 Å². The minimum Gasteiger partial charge on any atom is -0.493 e. The van der Waals surface area contributed by atoms with Crippen molar-refractivity contribution in [3.8, 4) is 5.75 Å². The van der Waals surface area contributed by atoms with Crippen molar-refractivity contribution in [2.45, 2.75) is 84.2 Å². The average molecular weight is 537 g/mol. The van der Waals surface area contributed by atoms with Gasteiger partial charge in [-0.05, 0) is 52.7 Å². The maximum Gasteiger partial charge on any atom is 0.507 e. The van der Waals surface area contributed by atoms with E-state index in [4.69, 9.17) is 19.9 Å². The molecule has 2 rings (SSSR count). The summed E-state index contributed by atoms with van der Waals surface area (Å²) in [4.78, 5) is 48.0. The molecule has 1 aliphatic rings. The summed E-state index contributed by atoms with van der Waals surface area (Å²) in [5.41, 5.74) is 4.91. The third-order valence-electron chi connectivity index (χ3n) is 5.82. The van der Waals surface area contributed by atoms with Gasteiger partial charge in [0.2, 0.25) is 11.8 Å². The SMILES string of the molecule is C[C@@H](CNC(=O)[C@H](C)NC(=O)[C@H](C)N)COc1cccc2c1C[C@](NC(=O)OC(C)(C)C)(OC(=O)O)CC2. The van der Waals surface area contributed by atoms with Crippen molar-refractivity contribution in [3.05, 3.63) is 29.3 Å². The van der Waals surface area contributed by atoms with Crippen molar-refractivity contribution >= 4 is 24.1 Å². The lowest BCUT2D eigenvalue weighted by atomic mass is 9.85. The van der Waals surface area contributed by atoms with E-state index in [0.29, 0.717) is 18.7 Å². The van der Waals surface area contributed by atoms with Gasteiger partial charge in [0.15, 0.2) is 5.72 Å². The summed E-state index contributed by atoms with van der Waals surface area (Å²) in [6, 6.07) is 4.08. The lowest BCUT2D eigenvalue weighted by Crippen LogP contribution is -2.56. The predicted molar refractivity (Wildman–Crippen MR) is 139 cm³/mol. The molecule has 12 nitrogen and oxygen atoms in total. The molecule has 1 aromatic carbocycles. The highest BCUT2D eigenvalue weighted by Gasteiger charge is 2.42. The fourth-order valence-electron chi connectivity index (χ4n) is 3.90. The molecule has 0 unspecified atom stereocenters. The van der Waals surface area contributed by atoms with Crippen LogP contribution in [0.25, 0.3) is 0 Å². The highest BCUT2D eigenvalue weighted by atomic mass is 16.7. The highest BCUT2D eigenvalue weighted by Crippen LogP contribution is 2.36. The quantitative estimate of drug-likeness (QED) is 0.221. The molecule has 0 bridgehead atoms. The summed E-state index contributed by atoms with van der Waals surface area (Å²) in [5, 5.41) is 17.3. The van der Waals surface area contributed by atoms with E-state index in [1.807, 2.05) is 19.1 Å². The summed E-state index contributed by atoms with van der Waals surface area (Å²) in [5.74, 6) is -0.314. The number of aryl methyl sites for hydroxylation is 1. The van der Waals surface area contributed by atoms with Gasteiger partial charge in [-0.15, -0.1) is 0 Å². The number of hydrogen-bond acceptors (Lipinski definition) is 8. The first kappa shape index (κ1) is 30.7. The number of rotatable bonds is 10. The molecule has 3 amide bonds. The van der Waals surface area contributed by atoms with Crippen LogP contribution in [0.1, 0.15) is 59.1 Å². The molecule has 0 spiro atoms. The largest absolute Gasteiger partial charge is 0.507 e. The monoisotopic (exact) mass is 536 g/mol. The Bertz CT molecular complexity index is 1020. The van der Waals surface area contributed by atoms with E-state index < -0.39 is 41.6 Å². The number of carboxylic acid groups (broad SMARTS) is 1. The number of alkyl carbamates (subject to hydrolysis) is 1. The van der Waals surface area contributed by atoms with Crippen molar-refractivity contribution in [2.75, 3.05) is 13.2 Å². The normalized spacial score (nSPS) is 19.1. The van der Waals surface area contributed by atoms with Crippen molar-refractivity contribution in [3.63, 3.8) is 0 Å². The number of carbonyl (C=O) groups excluding carboxylic acids is 3. The standard InChI is InChI=1S/C26H40N4O8/c1-15(13-28-22(32)17(3)29-21(31)16(2)27)14-36-20-9-7-8-18-10-11-26(12-19(18)20,38-24(34)35)30-23(33)37-25(4,5)6/h7-9,15-17H,10-14,27H2,1-6H3,(H,28,32)(H,29,31)(H,30,33)(H,34,35)/t15-,16-,17-,26+/m0/s1. The Hall–Kier alpha value is -3.54. The molecule has 0 saturated heterocycles. The summed E-state index contributed by atoms with van der Waals surface area (Å²) in [7, 11) is 0. The Morgan fingerprint density at radius 1 is 1.13 bits per heavy atom. The summed E-state index contributed by atoms with van der Waals surface area (Å²) < 4.78 is 16.6. The molecule has 0 fully saturated rings. The van der Waals surface area contributed by atoms with Crippen LogP contribution in [0.2, 0.25) is 0 Å². The minimum atomic E-state index is -1.52. The van der Waals surface area contributed by atoms with Crippen LogP contribution in [0.4, 0.5) is 9.59 Å². The van der Waals surface area contributed by atoms with Gasteiger partial charge in [-0.2, -0.15) is 0 Å². The van der Waals surface area contributed by atoms with Gasteiger partial charge in [0.1, 0.15) is 17.4 Å². The zero-order chi connectivity index (χ0) is 28.7. The molecule has 12 heteroatoms. The third kappa shape index (κ3) is 9.40. The molecule has 0 aromatic heterocycles. The lowest BCUT2D eigenvalue weighted by Gasteiger charge is -2.38. The van der Waals surface area contributed by atoms with Gasteiger partial charge >= 0.3 is 12.2 Å². The lowest BCUT2D eigenvalue weighted by molar-refractivity contribution is -0.129. The van der Waals surface area contributed by atoms with Crippen LogP contribution in [0.3, 0.4) is 0 Å². The smallest absolute Gasteiger partial charge is 0.493 e. The van der Waals surface area contributed by atoms with Crippen LogP contribution in [0.15, 0.2) is 18.2 Å². The van der Waals surface area contributed by atoms with Crippen molar-refractivity contribution in [1.82, 2.24) is 16.0 Å². The van der Waals surface area contributed by atoms with Gasteiger partial charge < -0.3 is 35.7 Å². The van der Waals surface area contributed by atoms with E-state index in [1.54, 1.807) is 33.8 Å². The van der Waals surface area contributed by atoms with E-state index in [2.05, 4.69) is 16.0 Å². The number of carbonyl (C=O) groups is 4. The summed E-state index contributed by atoms with van der Waals surface area (Å²) in [6.45, 7) is 10.7. The second-order valence-electron chi connectivity index (χ2n) is 10.7. The van der Waals surface area contributed by atoms with Crippen LogP contribution >= 0.6 is 0 Å². The molecular weight excluding hydrogens is 496 g/mol. The van der Waals surface area contributed by atoms with Gasteiger partial charge in [0.05, 0.1) is 12.6 Å². The Kier molecular flexibility index (Phi) is 10.3. The first-order chi connectivity index (χ1) is 17.6. The third-order valence-corrected chi connectivity index (χ3v) is 5.82. The van der Waals surface area contributed by atoms with Crippen LogP contribution in [0.5, 0.6) is 5.75 Å². The second-order valence-corrected chi connectivity index (χ2v) is 10.7. The minimum absolute atomic E-state index is 0.0615. The second kappa shape index (κ2) is 12.8. The van der Waals surface area contributed by atoms with E-state index in [1.165, 1.54) is 6.92 Å². The topological polar surface area (TPSA) is 178 Å². The number of benzene rings is 1. The Balaban J connectivity index is 2.05. The predicted octanol–water partition coefficient (Wildman–Crippen LogP) is 2.07. The molecule has 212 valence electrons. The van der Waals surface area contributed by atoms with Gasteiger partial charge in [0.25, 0.3) is 0 Å². The first-order valence-corrected chi connectivity index (χ1v) is 12.6. The molecule has 0 saturated carbocycles. The molecule has 38 heavy (non-hydrogen) atoms. The number of hydrogen-bond donors (Lipinski definition) is 5. The van der Waals surface area contributed by atoms with Crippen LogP contribution in [-0.2, 0) is 31.9 Å². The maximum atomic E-state index is 12.5. The molecule has 0 heterocycles. The van der Waals surface area contributed by atoms with Gasteiger partial charge in [-0.3, -0.25) is 14.9 Å². The molecule has 1 aliphatic carbocycles. The molecule has 4 atom stereocenters.